The minimum atomic E-state index is 0.598. The average molecular weight is 214 g/mol. The highest BCUT2D eigenvalue weighted by Gasteiger charge is 2.00. The van der Waals surface area contributed by atoms with Gasteiger partial charge in [0.25, 0.3) is 0 Å². The van der Waals surface area contributed by atoms with E-state index in [9.17, 15) is 0 Å². The first-order valence-corrected chi connectivity index (χ1v) is 5.74. The van der Waals surface area contributed by atoms with Crippen LogP contribution in [-0.2, 0) is 6.54 Å². The van der Waals surface area contributed by atoms with Gasteiger partial charge in [0.05, 0.1) is 12.2 Å². The fourth-order valence-corrected chi connectivity index (χ4v) is 1.75. The predicted molar refractivity (Wildman–Crippen MR) is 66.6 cm³/mol. The second kappa shape index (κ2) is 4.52. The highest BCUT2D eigenvalue weighted by atomic mass is 15.3. The van der Waals surface area contributed by atoms with Crippen molar-refractivity contribution in [2.45, 2.75) is 33.2 Å². The van der Waals surface area contributed by atoms with E-state index in [1.807, 2.05) is 23.9 Å². The van der Waals surface area contributed by atoms with Gasteiger partial charge in [0.15, 0.2) is 0 Å². The third-order valence-corrected chi connectivity index (χ3v) is 2.76. The quantitative estimate of drug-likeness (QED) is 0.766. The Morgan fingerprint density at radius 3 is 2.31 bits per heavy atom. The second-order valence-electron chi connectivity index (χ2n) is 4.55. The number of aromatic nitrogens is 2. The van der Waals surface area contributed by atoms with Crippen molar-refractivity contribution in [1.29, 1.82) is 0 Å². The first-order valence-electron chi connectivity index (χ1n) is 5.74. The molecule has 0 N–H and O–H groups in total. The van der Waals surface area contributed by atoms with Crippen LogP contribution < -0.4 is 0 Å². The Bertz CT molecular complexity index is 452. The van der Waals surface area contributed by atoms with Gasteiger partial charge in [-0.05, 0) is 30.0 Å². The number of nitrogens with zero attached hydrogens (tertiary/aromatic N) is 2. The molecule has 0 amide bonds. The number of hydrogen-bond donors (Lipinski definition) is 0. The van der Waals surface area contributed by atoms with Crippen molar-refractivity contribution in [3.8, 4) is 0 Å². The third-order valence-electron chi connectivity index (χ3n) is 2.76. The summed E-state index contributed by atoms with van der Waals surface area (Å²) in [6.45, 7) is 7.29. The molecule has 0 radical (unpaired) electrons. The normalized spacial score (nSPS) is 11.0. The molecule has 1 aromatic carbocycles. The number of rotatable bonds is 3. The molecule has 1 aromatic heterocycles. The Morgan fingerprint density at radius 1 is 1.12 bits per heavy atom. The standard InChI is InChI=1S/C14H18N2/c1-11(2)14-6-4-13(5-7-14)10-16-9-8-12(3)15-16/h4-9,11H,10H2,1-3H3. The van der Waals surface area contributed by atoms with Gasteiger partial charge < -0.3 is 0 Å². The van der Waals surface area contributed by atoms with Crippen molar-refractivity contribution < 1.29 is 0 Å². The number of benzene rings is 1. The molecule has 2 aromatic rings. The molecule has 0 saturated heterocycles. The lowest BCUT2D eigenvalue weighted by Crippen LogP contribution is -2.00. The molecular formula is C14H18N2. The van der Waals surface area contributed by atoms with Crippen LogP contribution in [0.15, 0.2) is 36.5 Å². The molecule has 0 atom stereocenters. The van der Waals surface area contributed by atoms with Gasteiger partial charge in [0.2, 0.25) is 0 Å². The van der Waals surface area contributed by atoms with Crippen LogP contribution in [0.4, 0.5) is 0 Å². The zero-order valence-electron chi connectivity index (χ0n) is 10.1. The summed E-state index contributed by atoms with van der Waals surface area (Å²) in [7, 11) is 0. The van der Waals surface area contributed by atoms with E-state index in [0.29, 0.717) is 5.92 Å². The Balaban J connectivity index is 2.11. The monoisotopic (exact) mass is 214 g/mol. The summed E-state index contributed by atoms with van der Waals surface area (Å²) in [5.74, 6) is 0.598. The first-order chi connectivity index (χ1) is 7.65. The maximum atomic E-state index is 4.38. The van der Waals surface area contributed by atoms with Gasteiger partial charge in [0.1, 0.15) is 0 Å². The number of aryl methyl sites for hydroxylation is 1. The second-order valence-corrected chi connectivity index (χ2v) is 4.55. The van der Waals surface area contributed by atoms with Crippen molar-refractivity contribution in [2.75, 3.05) is 0 Å². The van der Waals surface area contributed by atoms with E-state index in [2.05, 4.69) is 43.2 Å². The minimum absolute atomic E-state index is 0.598. The minimum Gasteiger partial charge on any atom is -0.268 e. The SMILES string of the molecule is Cc1ccn(Cc2ccc(C(C)C)cc2)n1. The zero-order chi connectivity index (χ0) is 11.5. The maximum absolute atomic E-state index is 4.38. The lowest BCUT2D eigenvalue weighted by Gasteiger charge is -2.07. The average Bonchev–Trinajstić information content (AvgIpc) is 2.65. The molecule has 0 fully saturated rings. The first kappa shape index (κ1) is 10.9. The van der Waals surface area contributed by atoms with E-state index in [1.54, 1.807) is 0 Å². The molecule has 1 heterocycles. The topological polar surface area (TPSA) is 17.8 Å². The van der Waals surface area contributed by atoms with E-state index in [4.69, 9.17) is 0 Å². The molecule has 0 aliphatic heterocycles. The molecule has 0 unspecified atom stereocenters. The molecule has 16 heavy (non-hydrogen) atoms. The Kier molecular flexibility index (Phi) is 3.09. The van der Waals surface area contributed by atoms with Gasteiger partial charge in [-0.1, -0.05) is 38.1 Å². The van der Waals surface area contributed by atoms with Gasteiger partial charge in [-0.2, -0.15) is 5.10 Å². The van der Waals surface area contributed by atoms with Crippen LogP contribution in [0.1, 0.15) is 36.6 Å². The van der Waals surface area contributed by atoms with Gasteiger partial charge in [-0.3, -0.25) is 4.68 Å². The van der Waals surface area contributed by atoms with Crippen LogP contribution in [-0.4, -0.2) is 9.78 Å². The molecule has 0 bridgehead atoms. The summed E-state index contributed by atoms with van der Waals surface area (Å²) < 4.78 is 1.97. The molecule has 2 rings (SSSR count). The highest BCUT2D eigenvalue weighted by Crippen LogP contribution is 2.15. The summed E-state index contributed by atoms with van der Waals surface area (Å²) in [5.41, 5.74) is 3.76. The lowest BCUT2D eigenvalue weighted by atomic mass is 10.0. The van der Waals surface area contributed by atoms with Gasteiger partial charge in [0, 0.05) is 6.20 Å². The molecule has 0 spiro atoms. The summed E-state index contributed by atoms with van der Waals surface area (Å²) in [6, 6.07) is 10.8. The summed E-state index contributed by atoms with van der Waals surface area (Å²) >= 11 is 0. The fraction of sp³-hybridized carbons (Fsp3) is 0.357. The van der Waals surface area contributed by atoms with Crippen LogP contribution in [0, 0.1) is 6.92 Å². The van der Waals surface area contributed by atoms with E-state index >= 15 is 0 Å². The molecular weight excluding hydrogens is 196 g/mol. The van der Waals surface area contributed by atoms with E-state index in [-0.39, 0.29) is 0 Å². The third kappa shape index (κ3) is 2.51. The molecule has 0 aliphatic rings. The van der Waals surface area contributed by atoms with E-state index in [0.717, 1.165) is 12.2 Å². The Labute approximate surface area is 96.9 Å². The van der Waals surface area contributed by atoms with Crippen LogP contribution in [0.5, 0.6) is 0 Å². The van der Waals surface area contributed by atoms with Crippen molar-refractivity contribution in [2.24, 2.45) is 0 Å². The van der Waals surface area contributed by atoms with Crippen molar-refractivity contribution >= 4 is 0 Å². The van der Waals surface area contributed by atoms with Crippen LogP contribution in [0.2, 0.25) is 0 Å². The van der Waals surface area contributed by atoms with Crippen molar-refractivity contribution in [1.82, 2.24) is 9.78 Å². The molecule has 0 aliphatic carbocycles. The molecule has 2 heteroatoms. The fourth-order valence-electron chi connectivity index (χ4n) is 1.75. The van der Waals surface area contributed by atoms with Gasteiger partial charge >= 0.3 is 0 Å². The summed E-state index contributed by atoms with van der Waals surface area (Å²) in [6.07, 6.45) is 2.02. The lowest BCUT2D eigenvalue weighted by molar-refractivity contribution is 0.679. The van der Waals surface area contributed by atoms with E-state index in [1.165, 1.54) is 11.1 Å². The number of hydrogen-bond acceptors (Lipinski definition) is 1. The maximum Gasteiger partial charge on any atom is 0.0659 e. The largest absolute Gasteiger partial charge is 0.268 e. The zero-order valence-corrected chi connectivity index (χ0v) is 10.1. The molecule has 84 valence electrons. The van der Waals surface area contributed by atoms with Gasteiger partial charge in [-0.25, -0.2) is 0 Å². The van der Waals surface area contributed by atoms with Gasteiger partial charge in [-0.15, -0.1) is 0 Å². The summed E-state index contributed by atoms with van der Waals surface area (Å²) in [5, 5.41) is 4.38. The predicted octanol–water partition coefficient (Wildman–Crippen LogP) is 3.36. The smallest absolute Gasteiger partial charge is 0.0659 e. The van der Waals surface area contributed by atoms with Crippen LogP contribution in [0.3, 0.4) is 0 Å². The van der Waals surface area contributed by atoms with Crippen LogP contribution >= 0.6 is 0 Å². The highest BCUT2D eigenvalue weighted by molar-refractivity contribution is 5.24. The van der Waals surface area contributed by atoms with Crippen molar-refractivity contribution in [3.05, 3.63) is 53.3 Å². The molecule has 0 saturated carbocycles. The molecule has 2 nitrogen and oxygen atoms in total. The van der Waals surface area contributed by atoms with Crippen LogP contribution in [0.25, 0.3) is 0 Å². The Hall–Kier alpha value is -1.57. The summed E-state index contributed by atoms with van der Waals surface area (Å²) in [4.78, 5) is 0. The van der Waals surface area contributed by atoms with E-state index < -0.39 is 0 Å². The van der Waals surface area contributed by atoms with Crippen molar-refractivity contribution in [3.63, 3.8) is 0 Å². The Morgan fingerprint density at radius 2 is 1.81 bits per heavy atom.